The summed E-state index contributed by atoms with van der Waals surface area (Å²) in [5, 5.41) is 12.2. The summed E-state index contributed by atoms with van der Waals surface area (Å²) in [5.41, 5.74) is -2.39. The molecular weight excluding hydrogens is 330 g/mol. The molecule has 1 aromatic carbocycles. The fourth-order valence-electron chi connectivity index (χ4n) is 1.94. The van der Waals surface area contributed by atoms with Gasteiger partial charge in [0, 0.05) is 11.8 Å². The highest BCUT2D eigenvalue weighted by molar-refractivity contribution is 5.90. The molecule has 0 aliphatic carbocycles. The van der Waals surface area contributed by atoms with Crippen LogP contribution in [0.4, 0.5) is 26.3 Å². The molecule has 0 amide bonds. The Morgan fingerprint density at radius 3 is 2.35 bits per heavy atom. The summed E-state index contributed by atoms with van der Waals surface area (Å²) in [7, 11) is 0. The van der Waals surface area contributed by atoms with E-state index in [1.807, 2.05) is 0 Å². The first-order chi connectivity index (χ1) is 10.5. The van der Waals surface area contributed by atoms with Crippen LogP contribution in [0.15, 0.2) is 30.6 Å². The molecule has 4 nitrogen and oxygen atoms in total. The van der Waals surface area contributed by atoms with Crippen molar-refractivity contribution in [1.29, 1.82) is 0 Å². The van der Waals surface area contributed by atoms with E-state index < -0.39 is 41.6 Å². The predicted octanol–water partition coefficient (Wildman–Crippen LogP) is 3.83. The molecule has 2 rings (SSSR count). The van der Waals surface area contributed by atoms with Crippen LogP contribution in [-0.4, -0.2) is 27.0 Å². The molecule has 0 aliphatic heterocycles. The van der Waals surface area contributed by atoms with Crippen molar-refractivity contribution in [1.82, 2.24) is 9.78 Å². The van der Waals surface area contributed by atoms with Crippen molar-refractivity contribution in [2.45, 2.75) is 18.9 Å². The molecule has 0 spiro atoms. The molecule has 0 saturated carbocycles. The topological polar surface area (TPSA) is 55.1 Å². The zero-order valence-electron chi connectivity index (χ0n) is 11.1. The summed E-state index contributed by atoms with van der Waals surface area (Å²) in [6.45, 7) is -1.47. The van der Waals surface area contributed by atoms with E-state index in [4.69, 9.17) is 5.11 Å². The molecule has 1 heterocycles. The van der Waals surface area contributed by atoms with Gasteiger partial charge in [0.1, 0.15) is 6.54 Å². The van der Waals surface area contributed by atoms with Crippen LogP contribution in [0.25, 0.3) is 11.1 Å². The maximum Gasteiger partial charge on any atom is 0.417 e. The molecule has 0 radical (unpaired) electrons. The lowest BCUT2D eigenvalue weighted by Gasteiger charge is -2.12. The van der Waals surface area contributed by atoms with Crippen molar-refractivity contribution in [3.63, 3.8) is 0 Å². The number of nitrogens with zero attached hydrogens (tertiary/aromatic N) is 2. The predicted molar refractivity (Wildman–Crippen MR) is 65.7 cm³/mol. The van der Waals surface area contributed by atoms with Gasteiger partial charge in [0.2, 0.25) is 0 Å². The molecule has 0 fully saturated rings. The highest BCUT2D eigenvalue weighted by Gasteiger charge is 2.35. The zero-order valence-corrected chi connectivity index (χ0v) is 11.1. The average molecular weight is 338 g/mol. The van der Waals surface area contributed by atoms with E-state index in [1.54, 1.807) is 0 Å². The second-order valence-corrected chi connectivity index (χ2v) is 4.61. The quantitative estimate of drug-likeness (QED) is 0.866. The van der Waals surface area contributed by atoms with Crippen LogP contribution >= 0.6 is 0 Å². The fraction of sp³-hybridized carbons (Fsp3) is 0.231. The minimum Gasteiger partial charge on any atom is -0.478 e. The lowest BCUT2D eigenvalue weighted by Crippen LogP contribution is -2.17. The van der Waals surface area contributed by atoms with Gasteiger partial charge >= 0.3 is 18.3 Å². The van der Waals surface area contributed by atoms with E-state index in [0.717, 1.165) is 24.5 Å². The Balaban J connectivity index is 2.52. The normalized spacial score (nSPS) is 12.4. The molecule has 23 heavy (non-hydrogen) atoms. The number of benzene rings is 1. The number of aromatic nitrogens is 2. The van der Waals surface area contributed by atoms with Crippen molar-refractivity contribution >= 4 is 5.97 Å². The van der Waals surface area contributed by atoms with Crippen molar-refractivity contribution in [2.75, 3.05) is 0 Å². The minimum absolute atomic E-state index is 0.260. The Kier molecular flexibility index (Phi) is 4.10. The van der Waals surface area contributed by atoms with E-state index in [0.29, 0.717) is 10.7 Å². The van der Waals surface area contributed by atoms with Gasteiger partial charge in [-0.15, -0.1) is 0 Å². The Hall–Kier alpha value is -2.52. The Morgan fingerprint density at radius 1 is 1.17 bits per heavy atom. The molecule has 0 saturated heterocycles. The van der Waals surface area contributed by atoms with Crippen LogP contribution in [0, 0.1) is 0 Å². The Bertz CT molecular complexity index is 733. The third-order valence-electron chi connectivity index (χ3n) is 2.86. The number of carboxylic acids is 1. The first-order valence-electron chi connectivity index (χ1n) is 6.01. The van der Waals surface area contributed by atoms with Gasteiger partial charge in [-0.3, -0.25) is 4.68 Å². The third kappa shape index (κ3) is 4.02. The number of halogens is 6. The highest BCUT2D eigenvalue weighted by atomic mass is 19.4. The second-order valence-electron chi connectivity index (χ2n) is 4.61. The number of aromatic carboxylic acids is 1. The van der Waals surface area contributed by atoms with E-state index in [2.05, 4.69) is 5.10 Å². The van der Waals surface area contributed by atoms with Crippen molar-refractivity contribution in [3.8, 4) is 11.1 Å². The molecule has 1 N–H and O–H groups in total. The van der Waals surface area contributed by atoms with E-state index >= 15 is 0 Å². The summed E-state index contributed by atoms with van der Waals surface area (Å²) < 4.78 is 76.2. The smallest absolute Gasteiger partial charge is 0.417 e. The standard InChI is InChI=1S/C13H8F6N2O2/c14-12(15,16)6-21-5-8(4-20-21)9-3-7(11(22)23)1-2-10(9)13(17,18)19/h1-5H,6H2,(H,22,23). The van der Waals surface area contributed by atoms with Gasteiger partial charge in [0.15, 0.2) is 0 Å². The third-order valence-corrected chi connectivity index (χ3v) is 2.86. The van der Waals surface area contributed by atoms with Gasteiger partial charge in [-0.2, -0.15) is 31.4 Å². The molecule has 10 heteroatoms. The summed E-state index contributed by atoms with van der Waals surface area (Å²) in [6, 6.07) is 2.09. The maximum absolute atomic E-state index is 13.0. The lowest BCUT2D eigenvalue weighted by atomic mass is 9.99. The van der Waals surface area contributed by atoms with Gasteiger partial charge in [-0.05, 0) is 23.8 Å². The molecule has 0 aliphatic rings. The molecule has 2 aromatic rings. The first kappa shape index (κ1) is 16.8. The number of hydrogen-bond donors (Lipinski definition) is 1. The van der Waals surface area contributed by atoms with Crippen LogP contribution in [0.5, 0.6) is 0 Å². The van der Waals surface area contributed by atoms with Gasteiger partial charge in [0.05, 0.1) is 17.3 Å². The number of rotatable bonds is 3. The Labute approximate surface area is 125 Å². The van der Waals surface area contributed by atoms with Gasteiger partial charge < -0.3 is 5.11 Å². The monoisotopic (exact) mass is 338 g/mol. The summed E-state index contributed by atoms with van der Waals surface area (Å²) in [4.78, 5) is 10.9. The van der Waals surface area contributed by atoms with E-state index in [-0.39, 0.29) is 5.56 Å². The van der Waals surface area contributed by atoms with Gasteiger partial charge in [0.25, 0.3) is 0 Å². The molecule has 0 unspecified atom stereocenters. The van der Waals surface area contributed by atoms with Crippen LogP contribution < -0.4 is 0 Å². The number of alkyl halides is 6. The van der Waals surface area contributed by atoms with Gasteiger partial charge in [-0.25, -0.2) is 4.79 Å². The van der Waals surface area contributed by atoms with E-state index in [1.165, 1.54) is 0 Å². The molecule has 0 atom stereocenters. The molecule has 1 aromatic heterocycles. The minimum atomic E-state index is -4.79. The fourth-order valence-corrected chi connectivity index (χ4v) is 1.94. The van der Waals surface area contributed by atoms with Crippen molar-refractivity contribution < 1.29 is 36.2 Å². The van der Waals surface area contributed by atoms with Gasteiger partial charge in [-0.1, -0.05) is 0 Å². The summed E-state index contributed by atoms with van der Waals surface area (Å²) in [5.74, 6) is -1.46. The lowest BCUT2D eigenvalue weighted by molar-refractivity contribution is -0.142. The van der Waals surface area contributed by atoms with Crippen LogP contribution in [0.3, 0.4) is 0 Å². The van der Waals surface area contributed by atoms with Crippen molar-refractivity contribution in [3.05, 3.63) is 41.7 Å². The van der Waals surface area contributed by atoms with Crippen LogP contribution in [0.1, 0.15) is 15.9 Å². The van der Waals surface area contributed by atoms with Crippen LogP contribution in [-0.2, 0) is 12.7 Å². The highest BCUT2D eigenvalue weighted by Crippen LogP contribution is 2.37. The largest absolute Gasteiger partial charge is 0.478 e. The van der Waals surface area contributed by atoms with E-state index in [9.17, 15) is 31.1 Å². The summed E-state index contributed by atoms with van der Waals surface area (Å²) >= 11 is 0. The number of carboxylic acid groups (broad SMARTS) is 1. The zero-order chi connectivity index (χ0) is 17.4. The first-order valence-corrected chi connectivity index (χ1v) is 6.01. The SMILES string of the molecule is O=C(O)c1ccc(C(F)(F)F)c(-c2cnn(CC(F)(F)F)c2)c1. The second kappa shape index (κ2) is 5.60. The number of hydrogen-bond acceptors (Lipinski definition) is 2. The van der Waals surface area contributed by atoms with Crippen molar-refractivity contribution in [2.24, 2.45) is 0 Å². The molecule has 124 valence electrons. The molecule has 0 bridgehead atoms. The summed E-state index contributed by atoms with van der Waals surface area (Å²) in [6.07, 6.45) is -7.77. The molecular formula is C13H8F6N2O2. The number of carbonyl (C=O) groups is 1. The average Bonchev–Trinajstić information content (AvgIpc) is 2.83. The maximum atomic E-state index is 13.0. The van der Waals surface area contributed by atoms with Crippen LogP contribution in [0.2, 0.25) is 0 Å². The Morgan fingerprint density at radius 2 is 1.83 bits per heavy atom.